The molecule has 5 nitrogen and oxygen atoms in total. The molecule has 1 atom stereocenters. The molecule has 18 heavy (non-hydrogen) atoms. The topological polar surface area (TPSA) is 48.0 Å². The molecule has 0 radical (unpaired) electrons. The first-order chi connectivity index (χ1) is 8.64. The number of carbonyl (C=O) groups excluding carboxylic acids is 1. The molecular weight excluding hydrogens is 234 g/mol. The normalized spacial score (nSPS) is 35.3. The summed E-state index contributed by atoms with van der Waals surface area (Å²) in [5.74, 6) is -0.443. The van der Waals surface area contributed by atoms with Gasteiger partial charge in [-0.1, -0.05) is 0 Å². The molecule has 3 rings (SSSR count). The third-order valence-corrected chi connectivity index (χ3v) is 4.19. The van der Waals surface area contributed by atoms with Crippen molar-refractivity contribution in [2.24, 2.45) is 0 Å². The van der Waals surface area contributed by atoms with Crippen LogP contribution in [0.2, 0.25) is 0 Å². The maximum absolute atomic E-state index is 12.6. The lowest BCUT2D eigenvalue weighted by Gasteiger charge is -2.41. The molecule has 102 valence electrons. The Morgan fingerprint density at radius 1 is 1.06 bits per heavy atom. The molecule has 1 spiro atoms. The average Bonchev–Trinajstić information content (AvgIpc) is 2.99. The van der Waals surface area contributed by atoms with Crippen LogP contribution in [0.5, 0.6) is 0 Å². The summed E-state index contributed by atoms with van der Waals surface area (Å²) in [6, 6.07) is 0. The molecule has 0 aromatic carbocycles. The van der Waals surface area contributed by atoms with Crippen molar-refractivity contribution >= 4 is 5.91 Å². The Morgan fingerprint density at radius 2 is 1.83 bits per heavy atom. The highest BCUT2D eigenvalue weighted by Gasteiger charge is 2.47. The van der Waals surface area contributed by atoms with Crippen molar-refractivity contribution in [1.82, 2.24) is 4.90 Å². The van der Waals surface area contributed by atoms with Gasteiger partial charge in [-0.3, -0.25) is 4.79 Å². The van der Waals surface area contributed by atoms with Crippen molar-refractivity contribution in [2.75, 3.05) is 32.9 Å². The van der Waals surface area contributed by atoms with Crippen molar-refractivity contribution in [3.63, 3.8) is 0 Å². The van der Waals surface area contributed by atoms with E-state index in [2.05, 4.69) is 0 Å². The summed E-state index contributed by atoms with van der Waals surface area (Å²) in [5.41, 5.74) is -0.628. The van der Waals surface area contributed by atoms with Crippen LogP contribution >= 0.6 is 0 Å². The standard InChI is InChI=1S/C13H21NO4/c1-12(4-3-7-16-12)11(15)14-6-2-5-13(10-14)17-8-9-18-13/h2-10H2,1H3. The van der Waals surface area contributed by atoms with Crippen LogP contribution in [0.3, 0.4) is 0 Å². The van der Waals surface area contributed by atoms with E-state index in [-0.39, 0.29) is 5.91 Å². The number of nitrogens with zero attached hydrogens (tertiary/aromatic N) is 1. The van der Waals surface area contributed by atoms with Crippen molar-refractivity contribution in [3.8, 4) is 0 Å². The van der Waals surface area contributed by atoms with Gasteiger partial charge < -0.3 is 19.1 Å². The third-order valence-electron chi connectivity index (χ3n) is 4.19. The van der Waals surface area contributed by atoms with Crippen LogP contribution in [0, 0.1) is 0 Å². The van der Waals surface area contributed by atoms with Gasteiger partial charge in [0, 0.05) is 19.6 Å². The van der Waals surface area contributed by atoms with Crippen LogP contribution in [0.1, 0.15) is 32.6 Å². The van der Waals surface area contributed by atoms with Crippen LogP contribution in [-0.4, -0.2) is 55.1 Å². The highest BCUT2D eigenvalue weighted by molar-refractivity contribution is 5.85. The molecule has 0 aromatic heterocycles. The molecule has 5 heteroatoms. The molecular formula is C13H21NO4. The number of rotatable bonds is 1. The Kier molecular flexibility index (Phi) is 3.08. The molecule has 3 saturated heterocycles. The lowest BCUT2D eigenvalue weighted by Crippen LogP contribution is -2.56. The fraction of sp³-hybridized carbons (Fsp3) is 0.923. The van der Waals surface area contributed by atoms with E-state index in [1.165, 1.54) is 0 Å². The second kappa shape index (κ2) is 4.47. The van der Waals surface area contributed by atoms with Crippen molar-refractivity contribution in [1.29, 1.82) is 0 Å². The third kappa shape index (κ3) is 2.04. The Hall–Kier alpha value is -0.650. The zero-order chi connectivity index (χ0) is 12.6. The highest BCUT2D eigenvalue weighted by Crippen LogP contribution is 2.33. The van der Waals surface area contributed by atoms with Gasteiger partial charge in [-0.05, 0) is 26.2 Å². The number of hydrogen-bond acceptors (Lipinski definition) is 4. The molecule has 0 aromatic rings. The molecule has 1 amide bonds. The summed E-state index contributed by atoms with van der Waals surface area (Å²) < 4.78 is 17.0. The van der Waals surface area contributed by atoms with E-state index in [4.69, 9.17) is 14.2 Å². The van der Waals surface area contributed by atoms with Crippen LogP contribution in [0.4, 0.5) is 0 Å². The van der Waals surface area contributed by atoms with E-state index in [1.54, 1.807) is 0 Å². The van der Waals surface area contributed by atoms with Crippen LogP contribution < -0.4 is 0 Å². The zero-order valence-corrected chi connectivity index (χ0v) is 10.9. The summed E-state index contributed by atoms with van der Waals surface area (Å²) >= 11 is 0. The lowest BCUT2D eigenvalue weighted by atomic mass is 9.97. The zero-order valence-electron chi connectivity index (χ0n) is 10.9. The van der Waals surface area contributed by atoms with Crippen LogP contribution in [-0.2, 0) is 19.0 Å². The molecule has 0 saturated carbocycles. The minimum atomic E-state index is -0.628. The van der Waals surface area contributed by atoms with Crippen molar-refractivity contribution < 1.29 is 19.0 Å². The second-order valence-corrected chi connectivity index (χ2v) is 5.62. The molecule has 0 bridgehead atoms. The Labute approximate surface area is 107 Å². The summed E-state index contributed by atoms with van der Waals surface area (Å²) in [6.07, 6.45) is 3.60. The number of piperidine rings is 1. The molecule has 3 aliphatic heterocycles. The molecule has 3 fully saturated rings. The van der Waals surface area contributed by atoms with Crippen LogP contribution in [0.25, 0.3) is 0 Å². The number of amides is 1. The average molecular weight is 255 g/mol. The monoisotopic (exact) mass is 255 g/mol. The van der Waals surface area contributed by atoms with E-state index < -0.39 is 11.4 Å². The predicted molar refractivity (Wildman–Crippen MR) is 64.0 cm³/mol. The van der Waals surface area contributed by atoms with Gasteiger partial charge in [-0.15, -0.1) is 0 Å². The summed E-state index contributed by atoms with van der Waals surface area (Å²) in [6.45, 7) is 5.19. The minimum absolute atomic E-state index is 0.0955. The summed E-state index contributed by atoms with van der Waals surface area (Å²) in [5, 5.41) is 0. The van der Waals surface area contributed by atoms with E-state index >= 15 is 0 Å². The maximum Gasteiger partial charge on any atom is 0.254 e. The van der Waals surface area contributed by atoms with E-state index in [9.17, 15) is 4.79 Å². The first-order valence-electron chi connectivity index (χ1n) is 6.85. The summed E-state index contributed by atoms with van der Waals surface area (Å²) in [7, 11) is 0. The molecule has 3 aliphatic rings. The van der Waals surface area contributed by atoms with Gasteiger partial charge in [0.05, 0.1) is 19.8 Å². The molecule has 3 heterocycles. The second-order valence-electron chi connectivity index (χ2n) is 5.62. The smallest absolute Gasteiger partial charge is 0.254 e. The van der Waals surface area contributed by atoms with Gasteiger partial charge in [-0.2, -0.15) is 0 Å². The predicted octanol–water partition coefficient (Wildman–Crippen LogP) is 0.921. The van der Waals surface area contributed by atoms with E-state index in [0.717, 1.165) is 32.2 Å². The fourth-order valence-electron chi connectivity index (χ4n) is 3.18. The van der Waals surface area contributed by atoms with E-state index in [1.807, 2.05) is 11.8 Å². The Bertz CT molecular complexity index is 332. The Morgan fingerprint density at radius 3 is 2.50 bits per heavy atom. The number of hydrogen-bond donors (Lipinski definition) is 0. The van der Waals surface area contributed by atoms with Gasteiger partial charge in [0.2, 0.25) is 0 Å². The summed E-state index contributed by atoms with van der Waals surface area (Å²) in [4.78, 5) is 14.4. The molecule has 1 unspecified atom stereocenters. The SMILES string of the molecule is CC1(C(=O)N2CCCC3(C2)OCCO3)CCCO1. The Balaban J connectivity index is 1.70. The molecule has 0 N–H and O–H groups in total. The first-order valence-corrected chi connectivity index (χ1v) is 6.85. The lowest BCUT2D eigenvalue weighted by molar-refractivity contribution is -0.199. The van der Waals surface area contributed by atoms with Gasteiger partial charge in [0.25, 0.3) is 5.91 Å². The van der Waals surface area contributed by atoms with Crippen molar-refractivity contribution in [2.45, 2.75) is 44.0 Å². The highest BCUT2D eigenvalue weighted by atomic mass is 16.7. The van der Waals surface area contributed by atoms with Crippen molar-refractivity contribution in [3.05, 3.63) is 0 Å². The van der Waals surface area contributed by atoms with Gasteiger partial charge in [0.1, 0.15) is 5.60 Å². The number of ether oxygens (including phenoxy) is 3. The van der Waals surface area contributed by atoms with Gasteiger partial charge >= 0.3 is 0 Å². The fourth-order valence-corrected chi connectivity index (χ4v) is 3.18. The maximum atomic E-state index is 12.6. The number of carbonyl (C=O) groups is 1. The van der Waals surface area contributed by atoms with Crippen LogP contribution in [0.15, 0.2) is 0 Å². The first kappa shape index (κ1) is 12.4. The van der Waals surface area contributed by atoms with Gasteiger partial charge in [0.15, 0.2) is 5.79 Å². The minimum Gasteiger partial charge on any atom is -0.365 e. The quantitative estimate of drug-likeness (QED) is 0.699. The van der Waals surface area contributed by atoms with E-state index in [0.29, 0.717) is 26.4 Å². The largest absolute Gasteiger partial charge is 0.365 e. The number of likely N-dealkylation sites (tertiary alicyclic amines) is 1. The van der Waals surface area contributed by atoms with Gasteiger partial charge in [-0.25, -0.2) is 0 Å². The molecule has 0 aliphatic carbocycles.